The third-order valence-electron chi connectivity index (χ3n) is 5.02. The summed E-state index contributed by atoms with van der Waals surface area (Å²) in [6.07, 6.45) is 3.00. The van der Waals surface area contributed by atoms with Crippen LogP contribution in [-0.4, -0.2) is 17.6 Å². The molecule has 156 valence electrons. The quantitative estimate of drug-likeness (QED) is 0.416. The van der Waals surface area contributed by atoms with Crippen LogP contribution in [-0.2, 0) is 12.8 Å². The van der Waals surface area contributed by atoms with Crippen molar-refractivity contribution >= 4 is 11.7 Å². The van der Waals surface area contributed by atoms with Crippen molar-refractivity contribution in [3.8, 4) is 11.5 Å². The van der Waals surface area contributed by atoms with Crippen LogP contribution in [0.3, 0.4) is 0 Å². The van der Waals surface area contributed by atoms with Gasteiger partial charge in [0.05, 0.1) is 5.69 Å². The zero-order chi connectivity index (χ0) is 21.5. The molecule has 3 aromatic carbocycles. The molecule has 1 heterocycles. The van der Waals surface area contributed by atoms with E-state index in [1.807, 2.05) is 73.7 Å². The fraction of sp³-hybridized carbons (Fsp3) is 0.154. The highest BCUT2D eigenvalue weighted by molar-refractivity contribution is 5.90. The summed E-state index contributed by atoms with van der Waals surface area (Å²) in [7, 11) is 0. The van der Waals surface area contributed by atoms with Crippen molar-refractivity contribution in [3.63, 3.8) is 0 Å². The number of aryl methyl sites for hydroxylation is 1. The number of carbonyl (C=O) groups excluding carboxylic acids is 1. The summed E-state index contributed by atoms with van der Waals surface area (Å²) in [5, 5.41) is 5.85. The van der Waals surface area contributed by atoms with E-state index >= 15 is 0 Å². The molecule has 0 spiro atoms. The number of hydrogen-bond acceptors (Lipinski definition) is 3. The number of nitrogens with one attached hydrogen (secondary N) is 2. The van der Waals surface area contributed by atoms with E-state index in [0.29, 0.717) is 18.9 Å². The average Bonchev–Trinajstić information content (AvgIpc) is 3.25. The van der Waals surface area contributed by atoms with Gasteiger partial charge < -0.3 is 15.1 Å². The van der Waals surface area contributed by atoms with Gasteiger partial charge in [-0.2, -0.15) is 0 Å². The summed E-state index contributed by atoms with van der Waals surface area (Å²) in [5.41, 5.74) is 6.02. The van der Waals surface area contributed by atoms with Crippen molar-refractivity contribution < 1.29 is 9.21 Å². The lowest BCUT2D eigenvalue weighted by Gasteiger charge is -2.12. The maximum atomic E-state index is 12.4. The molecule has 0 aliphatic rings. The third kappa shape index (κ3) is 5.60. The summed E-state index contributed by atoms with van der Waals surface area (Å²) in [6.45, 7) is 2.51. The molecule has 0 atom stereocenters. The van der Waals surface area contributed by atoms with Crippen molar-refractivity contribution in [1.82, 2.24) is 10.3 Å². The lowest BCUT2D eigenvalue weighted by Crippen LogP contribution is -2.30. The van der Waals surface area contributed by atoms with Gasteiger partial charge in [0.2, 0.25) is 5.89 Å². The number of carbonyl (C=O) groups is 1. The summed E-state index contributed by atoms with van der Waals surface area (Å²) in [6, 6.07) is 25.9. The first-order valence-corrected chi connectivity index (χ1v) is 10.4. The van der Waals surface area contributed by atoms with Crippen LogP contribution < -0.4 is 10.6 Å². The summed E-state index contributed by atoms with van der Waals surface area (Å²) < 4.78 is 5.58. The molecule has 0 bridgehead atoms. The minimum Gasteiger partial charge on any atom is -0.444 e. The summed E-state index contributed by atoms with van der Waals surface area (Å²) >= 11 is 0. The number of anilines is 1. The van der Waals surface area contributed by atoms with Gasteiger partial charge in [-0.05, 0) is 42.7 Å². The molecule has 0 unspecified atom stereocenters. The number of urea groups is 1. The Morgan fingerprint density at radius 3 is 2.48 bits per heavy atom. The fourth-order valence-electron chi connectivity index (χ4n) is 3.33. The molecule has 2 amide bonds. The number of aromatic nitrogens is 1. The Kier molecular flexibility index (Phi) is 6.43. The SMILES string of the molecule is Cc1ccc(-c2nc(CCNC(=O)Nc3ccccc3Cc3ccccc3)co2)cc1. The molecule has 1 aromatic heterocycles. The summed E-state index contributed by atoms with van der Waals surface area (Å²) in [5.74, 6) is 0.592. The van der Waals surface area contributed by atoms with Crippen LogP contribution in [0.1, 0.15) is 22.4 Å². The molecule has 4 aromatic rings. The van der Waals surface area contributed by atoms with Gasteiger partial charge in [0, 0.05) is 24.2 Å². The Bertz CT molecular complexity index is 1130. The van der Waals surface area contributed by atoms with Gasteiger partial charge in [-0.1, -0.05) is 66.2 Å². The molecule has 5 nitrogen and oxygen atoms in total. The van der Waals surface area contributed by atoms with Gasteiger partial charge in [0.15, 0.2) is 0 Å². The van der Waals surface area contributed by atoms with E-state index in [2.05, 4.69) is 27.8 Å². The van der Waals surface area contributed by atoms with Crippen LogP contribution >= 0.6 is 0 Å². The van der Waals surface area contributed by atoms with E-state index in [1.165, 1.54) is 11.1 Å². The molecule has 2 N–H and O–H groups in total. The predicted octanol–water partition coefficient (Wildman–Crippen LogP) is 5.61. The van der Waals surface area contributed by atoms with Crippen LogP contribution in [0.25, 0.3) is 11.5 Å². The van der Waals surface area contributed by atoms with Crippen LogP contribution in [0.5, 0.6) is 0 Å². The molecule has 5 heteroatoms. The molecule has 0 radical (unpaired) electrons. The standard InChI is InChI=1S/C26H25N3O2/c1-19-11-13-21(14-12-19)25-28-23(18-31-25)15-16-27-26(30)29-24-10-6-5-9-22(24)17-20-7-3-2-4-8-20/h2-14,18H,15-17H2,1H3,(H2,27,29,30). The molecule has 0 saturated carbocycles. The van der Waals surface area contributed by atoms with E-state index in [1.54, 1.807) is 6.26 Å². The number of para-hydroxylation sites is 1. The molecule has 31 heavy (non-hydrogen) atoms. The maximum Gasteiger partial charge on any atom is 0.319 e. The zero-order valence-corrected chi connectivity index (χ0v) is 17.5. The van der Waals surface area contributed by atoms with E-state index in [4.69, 9.17) is 4.42 Å². The van der Waals surface area contributed by atoms with Crippen molar-refractivity contribution in [3.05, 3.63) is 108 Å². The minimum absolute atomic E-state index is 0.234. The van der Waals surface area contributed by atoms with Crippen LogP contribution in [0.15, 0.2) is 89.5 Å². The molecule has 4 rings (SSSR count). The smallest absolute Gasteiger partial charge is 0.319 e. The second-order valence-corrected chi connectivity index (χ2v) is 7.46. The average molecular weight is 412 g/mol. The Morgan fingerprint density at radius 1 is 0.935 bits per heavy atom. The number of amides is 2. The second-order valence-electron chi connectivity index (χ2n) is 7.46. The molecule has 0 aliphatic heterocycles. The third-order valence-corrected chi connectivity index (χ3v) is 5.02. The van der Waals surface area contributed by atoms with Crippen molar-refractivity contribution in [2.45, 2.75) is 19.8 Å². The van der Waals surface area contributed by atoms with Gasteiger partial charge in [0.1, 0.15) is 6.26 Å². The second kappa shape index (κ2) is 9.76. The van der Waals surface area contributed by atoms with E-state index in [0.717, 1.165) is 28.9 Å². The van der Waals surface area contributed by atoms with E-state index in [-0.39, 0.29) is 6.03 Å². The number of oxazole rings is 1. The Hall–Kier alpha value is -3.86. The Labute approximate surface area is 182 Å². The van der Waals surface area contributed by atoms with Gasteiger partial charge >= 0.3 is 6.03 Å². The van der Waals surface area contributed by atoms with Gasteiger partial charge in [0.25, 0.3) is 0 Å². The lowest BCUT2D eigenvalue weighted by molar-refractivity contribution is 0.252. The Morgan fingerprint density at radius 2 is 1.68 bits per heavy atom. The van der Waals surface area contributed by atoms with Crippen LogP contribution in [0.4, 0.5) is 10.5 Å². The van der Waals surface area contributed by atoms with Gasteiger partial charge in [-0.25, -0.2) is 9.78 Å². The monoisotopic (exact) mass is 411 g/mol. The fourth-order valence-corrected chi connectivity index (χ4v) is 3.33. The van der Waals surface area contributed by atoms with E-state index in [9.17, 15) is 4.79 Å². The predicted molar refractivity (Wildman–Crippen MR) is 123 cm³/mol. The number of rotatable bonds is 7. The van der Waals surface area contributed by atoms with Crippen LogP contribution in [0.2, 0.25) is 0 Å². The Balaban J connectivity index is 1.30. The van der Waals surface area contributed by atoms with E-state index < -0.39 is 0 Å². The highest BCUT2D eigenvalue weighted by Crippen LogP contribution is 2.20. The van der Waals surface area contributed by atoms with Crippen molar-refractivity contribution in [1.29, 1.82) is 0 Å². The highest BCUT2D eigenvalue weighted by atomic mass is 16.3. The molecular formula is C26H25N3O2. The normalized spacial score (nSPS) is 10.6. The first-order valence-electron chi connectivity index (χ1n) is 10.4. The zero-order valence-electron chi connectivity index (χ0n) is 17.5. The molecular weight excluding hydrogens is 386 g/mol. The maximum absolute atomic E-state index is 12.4. The van der Waals surface area contributed by atoms with Crippen LogP contribution in [0, 0.1) is 6.92 Å². The molecule has 0 aliphatic carbocycles. The van der Waals surface area contributed by atoms with Gasteiger partial charge in [-0.15, -0.1) is 0 Å². The first kappa shape index (κ1) is 20.4. The number of hydrogen-bond donors (Lipinski definition) is 2. The highest BCUT2D eigenvalue weighted by Gasteiger charge is 2.09. The summed E-state index contributed by atoms with van der Waals surface area (Å²) in [4.78, 5) is 16.9. The van der Waals surface area contributed by atoms with Gasteiger partial charge in [-0.3, -0.25) is 0 Å². The van der Waals surface area contributed by atoms with Crippen molar-refractivity contribution in [2.75, 3.05) is 11.9 Å². The lowest BCUT2D eigenvalue weighted by atomic mass is 10.0. The minimum atomic E-state index is -0.234. The van der Waals surface area contributed by atoms with Crippen molar-refractivity contribution in [2.24, 2.45) is 0 Å². The first-order chi connectivity index (χ1) is 15.2. The molecule has 0 saturated heterocycles. The number of nitrogens with zero attached hydrogens (tertiary/aromatic N) is 1. The topological polar surface area (TPSA) is 67.2 Å². The molecule has 0 fully saturated rings. The largest absolute Gasteiger partial charge is 0.444 e. The number of benzene rings is 3.